The van der Waals surface area contributed by atoms with Gasteiger partial charge in [-0.05, 0) is 33.4 Å². The molecule has 3 nitrogen and oxygen atoms in total. The predicted octanol–water partition coefficient (Wildman–Crippen LogP) is 3.68. The Morgan fingerprint density at radius 3 is 2.59 bits per heavy atom. The summed E-state index contributed by atoms with van der Waals surface area (Å²) in [6.07, 6.45) is 0. The number of cyclic esters (lactones) is 2. The van der Waals surface area contributed by atoms with Gasteiger partial charge in [0.2, 0.25) is 0 Å². The summed E-state index contributed by atoms with van der Waals surface area (Å²) in [5, 5.41) is 1.73. The first-order chi connectivity index (χ1) is 8.09. The van der Waals surface area contributed by atoms with Crippen LogP contribution in [0, 0.1) is 0 Å². The third-order valence-electron chi connectivity index (χ3n) is 2.66. The molecular formula is C12H4Br2O3. The number of halogens is 2. The van der Waals surface area contributed by atoms with Crippen LogP contribution in [0.4, 0.5) is 0 Å². The van der Waals surface area contributed by atoms with E-state index in [0.29, 0.717) is 15.6 Å². The maximum absolute atomic E-state index is 11.6. The smallest absolute Gasteiger partial charge is 0.348 e. The molecule has 1 heterocycles. The average Bonchev–Trinajstić information content (AvgIpc) is 2.55. The molecule has 0 bridgehead atoms. The van der Waals surface area contributed by atoms with Gasteiger partial charge in [-0.3, -0.25) is 0 Å². The minimum absolute atomic E-state index is 0.300. The van der Waals surface area contributed by atoms with Crippen molar-refractivity contribution in [1.29, 1.82) is 0 Å². The van der Waals surface area contributed by atoms with E-state index in [1.807, 2.05) is 18.2 Å². The Kier molecular flexibility index (Phi) is 2.34. The van der Waals surface area contributed by atoms with Crippen LogP contribution in [0.2, 0.25) is 0 Å². The Balaban J connectivity index is 2.52. The van der Waals surface area contributed by atoms with Gasteiger partial charge in [0.1, 0.15) is 0 Å². The van der Waals surface area contributed by atoms with E-state index in [1.54, 1.807) is 6.07 Å². The van der Waals surface area contributed by atoms with Crippen LogP contribution in [0.3, 0.4) is 0 Å². The van der Waals surface area contributed by atoms with E-state index in [9.17, 15) is 9.59 Å². The first kappa shape index (κ1) is 10.9. The molecule has 0 fully saturated rings. The zero-order valence-corrected chi connectivity index (χ0v) is 11.5. The van der Waals surface area contributed by atoms with Gasteiger partial charge in [0.05, 0.1) is 11.1 Å². The van der Waals surface area contributed by atoms with Crippen LogP contribution >= 0.6 is 31.9 Å². The highest BCUT2D eigenvalue weighted by atomic mass is 79.9. The van der Waals surface area contributed by atoms with E-state index in [1.165, 1.54) is 0 Å². The maximum Gasteiger partial charge on any atom is 0.348 e. The van der Waals surface area contributed by atoms with Crippen LogP contribution in [-0.2, 0) is 4.74 Å². The molecule has 2 aromatic carbocycles. The number of carbonyl (C=O) groups excluding carboxylic acids is 2. The van der Waals surface area contributed by atoms with Crippen LogP contribution in [0.25, 0.3) is 10.8 Å². The lowest BCUT2D eigenvalue weighted by Gasteiger charge is -2.05. The number of rotatable bonds is 0. The summed E-state index contributed by atoms with van der Waals surface area (Å²) in [7, 11) is 0. The number of benzene rings is 2. The summed E-state index contributed by atoms with van der Waals surface area (Å²) in [5.74, 6) is -1.19. The molecule has 3 rings (SSSR count). The van der Waals surface area contributed by atoms with Crippen molar-refractivity contribution in [1.82, 2.24) is 0 Å². The number of fused-ring (bicyclic) bond motifs is 2. The summed E-state index contributed by atoms with van der Waals surface area (Å²) in [6, 6.07) is 7.30. The lowest BCUT2D eigenvalue weighted by Crippen LogP contribution is -1.97. The third-order valence-corrected chi connectivity index (χ3v) is 4.12. The molecule has 0 spiro atoms. The summed E-state index contributed by atoms with van der Waals surface area (Å²) < 4.78 is 6.05. The van der Waals surface area contributed by atoms with E-state index in [0.717, 1.165) is 15.2 Å². The molecule has 0 saturated heterocycles. The molecule has 1 aliphatic rings. The minimum atomic E-state index is -0.602. The normalized spacial score (nSPS) is 14.0. The van der Waals surface area contributed by atoms with E-state index in [-0.39, 0.29) is 0 Å². The highest BCUT2D eigenvalue weighted by molar-refractivity contribution is 9.11. The summed E-state index contributed by atoms with van der Waals surface area (Å²) in [5.41, 5.74) is 0.613. The second-order valence-electron chi connectivity index (χ2n) is 3.63. The summed E-state index contributed by atoms with van der Waals surface area (Å²) in [6.45, 7) is 0. The molecule has 0 radical (unpaired) electrons. The van der Waals surface area contributed by atoms with Crippen LogP contribution in [0.1, 0.15) is 20.7 Å². The van der Waals surface area contributed by atoms with Crippen molar-refractivity contribution in [2.45, 2.75) is 0 Å². The minimum Gasteiger partial charge on any atom is -0.386 e. The number of esters is 2. The maximum atomic E-state index is 11.6. The summed E-state index contributed by atoms with van der Waals surface area (Å²) in [4.78, 5) is 23.0. The SMILES string of the molecule is O=C1OC(=O)c2c1cc1cccc(Br)c1c2Br. The lowest BCUT2D eigenvalue weighted by atomic mass is 10.0. The molecule has 84 valence electrons. The van der Waals surface area contributed by atoms with Crippen LogP contribution in [0.5, 0.6) is 0 Å². The van der Waals surface area contributed by atoms with E-state index < -0.39 is 11.9 Å². The standard InChI is InChI=1S/C12H4Br2O3/c13-7-3-1-2-5-4-6-9(10(14)8(5)7)12(16)17-11(6)15/h1-4H. The lowest BCUT2D eigenvalue weighted by molar-refractivity contribution is 0.0443. The van der Waals surface area contributed by atoms with Gasteiger partial charge in [0.15, 0.2) is 0 Å². The van der Waals surface area contributed by atoms with Gasteiger partial charge in [0.25, 0.3) is 0 Å². The highest BCUT2D eigenvalue weighted by Crippen LogP contribution is 2.38. The zero-order valence-electron chi connectivity index (χ0n) is 8.29. The van der Waals surface area contributed by atoms with Crippen molar-refractivity contribution in [3.8, 4) is 0 Å². The number of hydrogen-bond donors (Lipinski definition) is 0. The second kappa shape index (κ2) is 3.65. The zero-order chi connectivity index (χ0) is 12.2. The van der Waals surface area contributed by atoms with Gasteiger partial charge >= 0.3 is 11.9 Å². The van der Waals surface area contributed by atoms with Gasteiger partial charge in [-0.2, -0.15) is 0 Å². The van der Waals surface area contributed by atoms with Crippen LogP contribution in [-0.4, -0.2) is 11.9 Å². The second-order valence-corrected chi connectivity index (χ2v) is 5.28. The van der Waals surface area contributed by atoms with Gasteiger partial charge < -0.3 is 4.74 Å². The summed E-state index contributed by atoms with van der Waals surface area (Å²) >= 11 is 6.79. The molecule has 5 heteroatoms. The molecule has 0 unspecified atom stereocenters. The van der Waals surface area contributed by atoms with Crippen molar-refractivity contribution in [2.24, 2.45) is 0 Å². The van der Waals surface area contributed by atoms with E-state index in [4.69, 9.17) is 0 Å². The fourth-order valence-electron chi connectivity index (χ4n) is 1.91. The van der Waals surface area contributed by atoms with Crippen molar-refractivity contribution in [2.75, 3.05) is 0 Å². The predicted molar refractivity (Wildman–Crippen MR) is 69.1 cm³/mol. The number of hydrogen-bond acceptors (Lipinski definition) is 3. The first-order valence-corrected chi connectivity index (χ1v) is 6.35. The monoisotopic (exact) mass is 354 g/mol. The van der Waals surface area contributed by atoms with E-state index >= 15 is 0 Å². The Hall–Kier alpha value is -1.20. The van der Waals surface area contributed by atoms with Crippen LogP contribution < -0.4 is 0 Å². The topological polar surface area (TPSA) is 43.4 Å². The average molecular weight is 356 g/mol. The van der Waals surface area contributed by atoms with Crippen LogP contribution in [0.15, 0.2) is 33.2 Å². The quantitative estimate of drug-likeness (QED) is 0.535. The van der Waals surface area contributed by atoms with Crippen molar-refractivity contribution >= 4 is 54.6 Å². The Bertz CT molecular complexity index is 692. The Morgan fingerprint density at radius 1 is 1.06 bits per heavy atom. The first-order valence-electron chi connectivity index (χ1n) is 4.77. The van der Waals surface area contributed by atoms with E-state index in [2.05, 4.69) is 36.6 Å². The number of ether oxygens (including phenoxy) is 1. The largest absolute Gasteiger partial charge is 0.386 e. The molecule has 0 atom stereocenters. The molecular weight excluding hydrogens is 352 g/mol. The Labute approximate surface area is 113 Å². The molecule has 2 aromatic rings. The molecule has 0 aliphatic carbocycles. The van der Waals surface area contributed by atoms with Crippen molar-refractivity contribution in [3.05, 3.63) is 44.3 Å². The van der Waals surface area contributed by atoms with Crippen molar-refractivity contribution in [3.63, 3.8) is 0 Å². The van der Waals surface area contributed by atoms with Crippen molar-refractivity contribution < 1.29 is 14.3 Å². The highest BCUT2D eigenvalue weighted by Gasteiger charge is 2.33. The third kappa shape index (κ3) is 1.46. The van der Waals surface area contributed by atoms with Gasteiger partial charge in [-0.25, -0.2) is 9.59 Å². The molecule has 0 saturated carbocycles. The molecule has 0 amide bonds. The molecule has 0 N–H and O–H groups in total. The fourth-order valence-corrected chi connectivity index (χ4v) is 3.58. The molecule has 0 aromatic heterocycles. The molecule has 17 heavy (non-hydrogen) atoms. The Morgan fingerprint density at radius 2 is 1.82 bits per heavy atom. The van der Waals surface area contributed by atoms with Gasteiger partial charge in [-0.1, -0.05) is 28.1 Å². The number of carbonyl (C=O) groups is 2. The van der Waals surface area contributed by atoms with Gasteiger partial charge in [0, 0.05) is 14.3 Å². The van der Waals surface area contributed by atoms with Gasteiger partial charge in [-0.15, -0.1) is 0 Å². The fraction of sp³-hybridized carbons (Fsp3) is 0. The molecule has 1 aliphatic heterocycles.